The number of halogens is 1. The first-order chi connectivity index (χ1) is 16.6. The Morgan fingerprint density at radius 3 is 2.59 bits per heavy atom. The van der Waals surface area contributed by atoms with Gasteiger partial charge >= 0.3 is 0 Å². The molecule has 0 atom stereocenters. The van der Waals surface area contributed by atoms with Crippen molar-refractivity contribution >= 4 is 27.5 Å². The highest BCUT2D eigenvalue weighted by atomic mass is 19.1. The Labute approximate surface area is 193 Å². The van der Waals surface area contributed by atoms with Gasteiger partial charge in [0, 0.05) is 52.1 Å². The summed E-state index contributed by atoms with van der Waals surface area (Å²) in [5.74, 6) is 0.0530. The Kier molecular flexibility index (Phi) is 4.51. The SMILES string of the molecule is COc1cc(F)cc(-c2nccc3[nH]c(-c4n[nH]c5ccc(-c6cncc(N)c6)cc45)cc23)c1. The second-order valence-electron chi connectivity index (χ2n) is 8.02. The number of nitrogens with zero attached hydrogens (tertiary/aromatic N) is 3. The number of aromatic nitrogens is 5. The van der Waals surface area contributed by atoms with Crippen LogP contribution in [0.1, 0.15) is 0 Å². The Hall–Kier alpha value is -4.72. The molecule has 0 radical (unpaired) electrons. The number of anilines is 1. The summed E-state index contributed by atoms with van der Waals surface area (Å²) in [6, 6.07) is 16.4. The van der Waals surface area contributed by atoms with Crippen molar-refractivity contribution < 1.29 is 9.13 Å². The molecule has 166 valence electrons. The van der Waals surface area contributed by atoms with Gasteiger partial charge in [0.25, 0.3) is 0 Å². The second kappa shape index (κ2) is 7.70. The highest BCUT2D eigenvalue weighted by Gasteiger charge is 2.16. The summed E-state index contributed by atoms with van der Waals surface area (Å²) in [6.45, 7) is 0. The lowest BCUT2D eigenvalue weighted by Crippen LogP contribution is -1.89. The third-order valence-electron chi connectivity index (χ3n) is 5.84. The van der Waals surface area contributed by atoms with E-state index in [1.54, 1.807) is 24.7 Å². The Morgan fingerprint density at radius 2 is 1.74 bits per heavy atom. The highest BCUT2D eigenvalue weighted by molar-refractivity contribution is 6.01. The summed E-state index contributed by atoms with van der Waals surface area (Å²) < 4.78 is 19.4. The van der Waals surface area contributed by atoms with Gasteiger partial charge in [-0.15, -0.1) is 0 Å². The Morgan fingerprint density at radius 1 is 0.853 bits per heavy atom. The largest absolute Gasteiger partial charge is 0.497 e. The molecule has 0 fully saturated rings. The van der Waals surface area contributed by atoms with Crippen molar-refractivity contribution in [3.8, 4) is 39.5 Å². The minimum atomic E-state index is -0.384. The molecule has 6 rings (SSSR count). The molecule has 0 bridgehead atoms. The van der Waals surface area contributed by atoms with E-state index in [-0.39, 0.29) is 5.82 Å². The van der Waals surface area contributed by atoms with Gasteiger partial charge in [0.2, 0.25) is 0 Å². The first kappa shape index (κ1) is 19.9. The molecule has 0 spiro atoms. The topological polar surface area (TPSA) is 106 Å². The standard InChI is InChI=1S/C26H19FN6O/c1-34-19-8-15(6-17(27)10-19)25-21-11-24(31-22(21)4-5-30-25)26-20-9-14(2-3-23(20)32-33-26)16-7-18(28)13-29-12-16/h2-13,31H,28H2,1H3,(H,32,33). The van der Waals surface area contributed by atoms with Crippen LogP contribution in [0.5, 0.6) is 5.75 Å². The predicted octanol–water partition coefficient (Wildman–Crippen LogP) is 5.57. The zero-order chi connectivity index (χ0) is 23.2. The molecular formula is C26H19FN6O. The van der Waals surface area contributed by atoms with Gasteiger partial charge in [0.05, 0.1) is 29.7 Å². The average Bonchev–Trinajstić information content (AvgIpc) is 3.47. The van der Waals surface area contributed by atoms with Crippen molar-refractivity contribution in [2.45, 2.75) is 0 Å². The van der Waals surface area contributed by atoms with Crippen molar-refractivity contribution in [1.82, 2.24) is 25.1 Å². The number of nitrogen functional groups attached to an aromatic ring is 1. The second-order valence-corrected chi connectivity index (χ2v) is 8.02. The van der Waals surface area contributed by atoms with Crippen LogP contribution in [0.2, 0.25) is 0 Å². The lowest BCUT2D eigenvalue weighted by molar-refractivity contribution is 0.411. The number of nitrogens with two attached hydrogens (primary N) is 1. The molecule has 0 aliphatic heterocycles. The Balaban J connectivity index is 1.50. The molecule has 0 amide bonds. The summed E-state index contributed by atoms with van der Waals surface area (Å²) in [6.07, 6.45) is 5.10. The van der Waals surface area contributed by atoms with Crippen LogP contribution >= 0.6 is 0 Å². The molecule has 4 heterocycles. The maximum Gasteiger partial charge on any atom is 0.127 e. The maximum atomic E-state index is 14.2. The average molecular weight is 450 g/mol. The first-order valence-electron chi connectivity index (χ1n) is 10.6. The van der Waals surface area contributed by atoms with E-state index in [2.05, 4.69) is 31.2 Å². The van der Waals surface area contributed by atoms with Gasteiger partial charge in [0.1, 0.15) is 17.3 Å². The van der Waals surface area contributed by atoms with Crippen LogP contribution in [-0.4, -0.2) is 32.3 Å². The highest BCUT2D eigenvalue weighted by Crippen LogP contribution is 2.35. The summed E-state index contributed by atoms with van der Waals surface area (Å²) in [7, 11) is 1.51. The number of rotatable bonds is 4. The van der Waals surface area contributed by atoms with E-state index in [0.29, 0.717) is 22.7 Å². The zero-order valence-electron chi connectivity index (χ0n) is 18.1. The Bertz CT molecular complexity index is 1690. The molecule has 6 aromatic rings. The number of hydrogen-bond acceptors (Lipinski definition) is 5. The third-order valence-corrected chi connectivity index (χ3v) is 5.84. The minimum absolute atomic E-state index is 0.384. The van der Waals surface area contributed by atoms with Crippen LogP contribution in [0.15, 0.2) is 73.2 Å². The molecule has 0 aliphatic carbocycles. The quantitative estimate of drug-likeness (QED) is 0.326. The number of aromatic amines is 2. The third kappa shape index (κ3) is 3.32. The molecule has 4 aromatic heterocycles. The van der Waals surface area contributed by atoms with E-state index in [0.717, 1.165) is 44.3 Å². The van der Waals surface area contributed by atoms with Crippen LogP contribution in [0, 0.1) is 5.82 Å². The molecule has 0 saturated carbocycles. The van der Waals surface area contributed by atoms with E-state index in [1.165, 1.54) is 19.2 Å². The van der Waals surface area contributed by atoms with Gasteiger partial charge in [-0.3, -0.25) is 15.1 Å². The predicted molar refractivity (Wildman–Crippen MR) is 131 cm³/mol. The molecule has 0 saturated heterocycles. The van der Waals surface area contributed by atoms with Crippen molar-refractivity contribution in [3.05, 3.63) is 79.0 Å². The molecular weight excluding hydrogens is 431 g/mol. The molecule has 0 aliphatic rings. The van der Waals surface area contributed by atoms with Crippen LogP contribution in [0.25, 0.3) is 55.6 Å². The van der Waals surface area contributed by atoms with Crippen LogP contribution in [0.4, 0.5) is 10.1 Å². The summed E-state index contributed by atoms with van der Waals surface area (Å²) >= 11 is 0. The number of hydrogen-bond donors (Lipinski definition) is 3. The molecule has 7 nitrogen and oxygen atoms in total. The lowest BCUT2D eigenvalue weighted by Gasteiger charge is -2.06. The smallest absolute Gasteiger partial charge is 0.127 e. The summed E-state index contributed by atoms with van der Waals surface area (Å²) in [5, 5.41) is 9.47. The number of pyridine rings is 2. The van der Waals surface area contributed by atoms with Crippen molar-refractivity contribution in [3.63, 3.8) is 0 Å². The van der Waals surface area contributed by atoms with Gasteiger partial charge in [-0.05, 0) is 48.0 Å². The van der Waals surface area contributed by atoms with Gasteiger partial charge in [-0.2, -0.15) is 5.10 Å². The van der Waals surface area contributed by atoms with E-state index < -0.39 is 0 Å². The number of ether oxygens (including phenoxy) is 1. The fourth-order valence-corrected chi connectivity index (χ4v) is 4.24. The fourth-order valence-electron chi connectivity index (χ4n) is 4.24. The normalized spacial score (nSPS) is 11.4. The molecule has 8 heteroatoms. The van der Waals surface area contributed by atoms with Gasteiger partial charge in [-0.25, -0.2) is 4.39 Å². The maximum absolute atomic E-state index is 14.2. The number of benzene rings is 2. The summed E-state index contributed by atoms with van der Waals surface area (Å²) in [4.78, 5) is 12.2. The van der Waals surface area contributed by atoms with Crippen molar-refractivity contribution in [2.75, 3.05) is 12.8 Å². The number of H-pyrrole nitrogens is 2. The molecule has 34 heavy (non-hydrogen) atoms. The van der Waals surface area contributed by atoms with Crippen molar-refractivity contribution in [2.24, 2.45) is 0 Å². The van der Waals surface area contributed by atoms with E-state index in [4.69, 9.17) is 10.5 Å². The monoisotopic (exact) mass is 450 g/mol. The molecule has 0 unspecified atom stereocenters. The minimum Gasteiger partial charge on any atom is -0.497 e. The molecule has 4 N–H and O–H groups in total. The van der Waals surface area contributed by atoms with Crippen LogP contribution in [-0.2, 0) is 0 Å². The summed E-state index contributed by atoms with van der Waals surface area (Å²) in [5.41, 5.74) is 13.1. The zero-order valence-corrected chi connectivity index (χ0v) is 18.1. The van der Waals surface area contributed by atoms with Gasteiger partial charge < -0.3 is 15.5 Å². The van der Waals surface area contributed by atoms with Crippen LogP contribution < -0.4 is 10.5 Å². The lowest BCUT2D eigenvalue weighted by atomic mass is 10.0. The number of fused-ring (bicyclic) bond motifs is 2. The van der Waals surface area contributed by atoms with E-state index >= 15 is 0 Å². The fraction of sp³-hybridized carbons (Fsp3) is 0.0385. The van der Waals surface area contributed by atoms with Gasteiger partial charge in [0.15, 0.2) is 0 Å². The van der Waals surface area contributed by atoms with Crippen LogP contribution in [0.3, 0.4) is 0 Å². The number of methoxy groups -OCH3 is 1. The number of nitrogens with one attached hydrogen (secondary N) is 2. The van der Waals surface area contributed by atoms with E-state index in [9.17, 15) is 4.39 Å². The first-order valence-corrected chi connectivity index (χ1v) is 10.6. The molecule has 2 aromatic carbocycles. The van der Waals surface area contributed by atoms with Gasteiger partial charge in [-0.1, -0.05) is 6.07 Å². The van der Waals surface area contributed by atoms with E-state index in [1.807, 2.05) is 30.3 Å². The van der Waals surface area contributed by atoms with Crippen molar-refractivity contribution in [1.29, 1.82) is 0 Å².